The summed E-state index contributed by atoms with van der Waals surface area (Å²) in [5.74, 6) is -0.863. The van der Waals surface area contributed by atoms with E-state index in [9.17, 15) is 32.3 Å². The van der Waals surface area contributed by atoms with Crippen LogP contribution in [0, 0.1) is 28.6 Å². The van der Waals surface area contributed by atoms with Crippen molar-refractivity contribution in [3.63, 3.8) is 0 Å². The number of hydrogen-bond acceptors (Lipinski definition) is 6. The highest BCUT2D eigenvalue weighted by molar-refractivity contribution is 5.95. The van der Waals surface area contributed by atoms with Crippen LogP contribution in [-0.4, -0.2) is 99.1 Å². The van der Waals surface area contributed by atoms with Gasteiger partial charge >= 0.3 is 6.30 Å². The molecular formula is C34H55F3N6O5. The molecule has 3 saturated heterocycles. The normalized spacial score (nSPS) is 24.5. The van der Waals surface area contributed by atoms with Crippen LogP contribution in [0.15, 0.2) is 12.4 Å². The van der Waals surface area contributed by atoms with Crippen LogP contribution in [0.1, 0.15) is 103 Å². The second kappa shape index (κ2) is 15.6. The fourth-order valence-corrected chi connectivity index (χ4v) is 7.45. The molecular weight excluding hydrogens is 629 g/mol. The Balaban J connectivity index is 0.000000266. The summed E-state index contributed by atoms with van der Waals surface area (Å²) in [6.45, 7) is 9.33. The van der Waals surface area contributed by atoms with Crippen LogP contribution in [0.5, 0.6) is 0 Å². The third-order valence-electron chi connectivity index (χ3n) is 10.7. The van der Waals surface area contributed by atoms with Gasteiger partial charge in [-0.1, -0.05) is 40.0 Å². The van der Waals surface area contributed by atoms with Crippen molar-refractivity contribution in [1.29, 1.82) is 0 Å². The summed E-state index contributed by atoms with van der Waals surface area (Å²) >= 11 is 0. The number of carbonyl (C=O) groups excluding carboxylic acids is 4. The van der Waals surface area contributed by atoms with Gasteiger partial charge in [0.25, 0.3) is 5.91 Å². The number of primary amides is 1. The zero-order chi connectivity index (χ0) is 35.3. The van der Waals surface area contributed by atoms with E-state index in [1.165, 1.54) is 56.3 Å². The molecule has 0 bridgehead atoms. The van der Waals surface area contributed by atoms with Crippen molar-refractivity contribution < 1.29 is 38.9 Å². The van der Waals surface area contributed by atoms with E-state index in [-0.39, 0.29) is 42.0 Å². The maximum atomic E-state index is 12.7. The summed E-state index contributed by atoms with van der Waals surface area (Å²) in [6, 6.07) is 0. The van der Waals surface area contributed by atoms with Gasteiger partial charge in [-0.25, -0.2) is 0 Å². The van der Waals surface area contributed by atoms with Crippen LogP contribution in [-0.2, 0) is 20.7 Å². The number of nitrogens with zero attached hydrogens (tertiary/aromatic N) is 5. The zero-order valence-corrected chi connectivity index (χ0v) is 28.6. The average Bonchev–Trinajstić information content (AvgIpc) is 3.38. The van der Waals surface area contributed by atoms with Crippen molar-refractivity contribution >= 4 is 23.6 Å². The van der Waals surface area contributed by atoms with Crippen LogP contribution >= 0.6 is 0 Å². The van der Waals surface area contributed by atoms with Crippen LogP contribution in [0.25, 0.3) is 0 Å². The summed E-state index contributed by atoms with van der Waals surface area (Å²) in [5.41, 5.74) is 4.67. The first-order valence-electron chi connectivity index (χ1n) is 17.5. The number of aliphatic hydroxyl groups is 1. The van der Waals surface area contributed by atoms with Crippen molar-refractivity contribution in [3.8, 4) is 0 Å². The highest BCUT2D eigenvalue weighted by atomic mass is 19.4. The molecule has 0 aromatic carbocycles. The molecule has 2 atom stereocenters. The van der Waals surface area contributed by atoms with Crippen LogP contribution in [0.3, 0.4) is 0 Å². The summed E-state index contributed by atoms with van der Waals surface area (Å²) in [6.07, 6.45) is 9.59. The number of halogens is 3. The largest absolute Gasteiger partial charge is 0.504 e. The molecule has 0 unspecified atom stereocenters. The van der Waals surface area contributed by atoms with E-state index in [1.54, 1.807) is 4.90 Å². The highest BCUT2D eigenvalue weighted by Crippen LogP contribution is 2.54. The topological polar surface area (TPSA) is 142 Å². The van der Waals surface area contributed by atoms with Crippen LogP contribution < -0.4 is 5.73 Å². The van der Waals surface area contributed by atoms with Crippen molar-refractivity contribution in [3.05, 3.63) is 18.0 Å². The average molecular weight is 685 g/mol. The Bertz CT molecular complexity index is 1290. The first-order chi connectivity index (χ1) is 22.6. The van der Waals surface area contributed by atoms with Gasteiger partial charge in [-0.05, 0) is 56.3 Å². The summed E-state index contributed by atoms with van der Waals surface area (Å²) in [7, 11) is 0. The molecule has 2 saturated carbocycles. The van der Waals surface area contributed by atoms with Gasteiger partial charge in [0.1, 0.15) is 0 Å². The van der Waals surface area contributed by atoms with Gasteiger partial charge in [0.15, 0.2) is 0 Å². The van der Waals surface area contributed by atoms with E-state index in [1.807, 2.05) is 18.7 Å². The number of hydrogen-bond donors (Lipinski definition) is 2. The first-order valence-corrected chi connectivity index (χ1v) is 17.5. The van der Waals surface area contributed by atoms with E-state index in [0.717, 1.165) is 38.5 Å². The standard InChI is InChI=1S/C18H22F3N5O3.C9H17NO.C7H14O.H2/c1-16(2)3-11(16)15(29)25-8-17(9-25)7-24(6-12(17)13(22)27)14(28)10-4-23-26(5-10)18(19,20)21;1-2-6-9(11)10-7-4-3-5-8-10;8-6-7-4-2-1-3-5-7;/h4-5,11-12H,3,6-9H2,1-2H3,(H2,22,27);2-8H2,1H3;7-8H,1-6H2;1H/t11-,12+;;;/m1.../s1. The smallest absolute Gasteiger partial charge is 0.396 e. The molecule has 4 amide bonds. The number of alkyl halides is 3. The number of likely N-dealkylation sites (tertiary alicyclic amines) is 3. The number of nitrogens with two attached hydrogens (primary N) is 1. The number of piperidine rings is 1. The molecule has 4 heterocycles. The molecule has 1 spiro atoms. The van der Waals surface area contributed by atoms with Gasteiger partial charge in [-0.2, -0.15) is 9.78 Å². The van der Waals surface area contributed by atoms with Crippen molar-refractivity contribution in [1.82, 2.24) is 24.5 Å². The van der Waals surface area contributed by atoms with Gasteiger partial charge in [-0.3, -0.25) is 19.2 Å². The number of rotatable bonds is 6. The third-order valence-corrected chi connectivity index (χ3v) is 10.7. The van der Waals surface area contributed by atoms with E-state index < -0.39 is 29.4 Å². The Morgan fingerprint density at radius 2 is 1.54 bits per heavy atom. The van der Waals surface area contributed by atoms with E-state index >= 15 is 0 Å². The lowest BCUT2D eigenvalue weighted by Crippen LogP contribution is -2.64. The molecule has 272 valence electrons. The Hall–Kier alpha value is -3.16. The molecule has 14 heteroatoms. The molecule has 5 aliphatic rings. The Kier molecular flexibility index (Phi) is 12.2. The lowest BCUT2D eigenvalue weighted by atomic mass is 9.71. The zero-order valence-electron chi connectivity index (χ0n) is 28.6. The molecule has 0 radical (unpaired) electrons. The van der Waals surface area contributed by atoms with Gasteiger partial charge in [0.05, 0.1) is 17.7 Å². The minimum absolute atomic E-state index is 0. The van der Waals surface area contributed by atoms with E-state index in [2.05, 4.69) is 12.0 Å². The van der Waals surface area contributed by atoms with Gasteiger partial charge in [0, 0.05) is 71.3 Å². The minimum Gasteiger partial charge on any atom is -0.396 e. The van der Waals surface area contributed by atoms with Gasteiger partial charge < -0.3 is 25.5 Å². The second-order valence-corrected chi connectivity index (χ2v) is 15.0. The molecule has 48 heavy (non-hydrogen) atoms. The molecule has 3 aliphatic heterocycles. The number of amides is 4. The summed E-state index contributed by atoms with van der Waals surface area (Å²) in [4.78, 5) is 53.6. The van der Waals surface area contributed by atoms with E-state index in [0.29, 0.717) is 37.7 Å². The number of aromatic nitrogens is 2. The number of carbonyl (C=O) groups is 4. The predicted molar refractivity (Wildman–Crippen MR) is 174 cm³/mol. The first kappa shape index (κ1) is 37.7. The fourth-order valence-electron chi connectivity index (χ4n) is 7.45. The van der Waals surface area contributed by atoms with E-state index in [4.69, 9.17) is 10.8 Å². The number of aliphatic hydroxyl groups excluding tert-OH is 1. The SMILES string of the molecule is CC1(C)C[C@@H]1C(=O)N1CC2(CN(C(=O)c3cnn(C(F)(F)F)c3)C[C@H]2C(N)=O)C1.CCCC(=O)N1CCCCC1.OCC1CCCCC1.[HH]. The molecule has 6 rings (SSSR count). The molecule has 1 aromatic heterocycles. The van der Waals surface area contributed by atoms with Crippen molar-refractivity contribution in [2.45, 2.75) is 97.7 Å². The Labute approximate surface area is 282 Å². The lowest BCUT2D eigenvalue weighted by Gasteiger charge is -2.50. The van der Waals surface area contributed by atoms with Gasteiger partial charge in [0.2, 0.25) is 17.7 Å². The van der Waals surface area contributed by atoms with Crippen LogP contribution in [0.4, 0.5) is 13.2 Å². The fraction of sp³-hybridized carbons (Fsp3) is 0.794. The summed E-state index contributed by atoms with van der Waals surface area (Å²) in [5, 5.41) is 11.9. The Morgan fingerprint density at radius 1 is 0.958 bits per heavy atom. The van der Waals surface area contributed by atoms with Crippen LogP contribution in [0.2, 0.25) is 0 Å². The molecule has 5 fully saturated rings. The molecule has 11 nitrogen and oxygen atoms in total. The third kappa shape index (κ3) is 9.09. The van der Waals surface area contributed by atoms with Gasteiger partial charge in [-0.15, -0.1) is 13.2 Å². The highest BCUT2D eigenvalue weighted by Gasteiger charge is 2.61. The van der Waals surface area contributed by atoms with Crippen molar-refractivity contribution in [2.24, 2.45) is 34.3 Å². The predicted octanol–water partition coefficient (Wildman–Crippen LogP) is 4.40. The molecule has 2 aliphatic carbocycles. The minimum atomic E-state index is -4.72. The van der Waals surface area contributed by atoms with Crippen molar-refractivity contribution in [2.75, 3.05) is 45.9 Å². The maximum absolute atomic E-state index is 12.7. The molecule has 3 N–H and O–H groups in total. The lowest BCUT2D eigenvalue weighted by molar-refractivity contribution is -0.212. The maximum Gasteiger partial charge on any atom is 0.504 e. The quantitative estimate of drug-likeness (QED) is 0.455. The Morgan fingerprint density at radius 3 is 2.02 bits per heavy atom. The monoisotopic (exact) mass is 684 g/mol. The summed E-state index contributed by atoms with van der Waals surface area (Å²) < 4.78 is 37.9. The molecule has 1 aromatic rings. The second-order valence-electron chi connectivity index (χ2n) is 15.0.